The van der Waals surface area contributed by atoms with Gasteiger partial charge in [0.2, 0.25) is 0 Å². The average molecular weight is 302 g/mol. The van der Waals surface area contributed by atoms with Crippen molar-refractivity contribution in [2.45, 2.75) is 33.7 Å². The van der Waals surface area contributed by atoms with Gasteiger partial charge in [0.1, 0.15) is 0 Å². The third-order valence-corrected chi connectivity index (χ3v) is 4.18. The Morgan fingerprint density at radius 2 is 1.95 bits per heavy atom. The molecule has 0 spiro atoms. The Labute approximate surface area is 135 Å². The molecule has 1 saturated heterocycles. The van der Waals surface area contributed by atoms with Gasteiger partial charge in [-0.25, -0.2) is 4.99 Å². The molecule has 0 bridgehead atoms. The summed E-state index contributed by atoms with van der Waals surface area (Å²) in [5, 5.41) is 3.43. The second kappa shape index (κ2) is 7.03. The standard InChI is InChI=1S/C18H30N4/c1-6-19-17(22-12-11-18(2,3)14-22)20-13-15-7-9-16(10-8-15)21(4)5/h7-10H,6,11-14H2,1-5H3,(H,19,20). The van der Waals surface area contributed by atoms with Crippen molar-refractivity contribution >= 4 is 11.6 Å². The Morgan fingerprint density at radius 3 is 2.45 bits per heavy atom. The van der Waals surface area contributed by atoms with Gasteiger partial charge in [-0.3, -0.25) is 0 Å². The monoisotopic (exact) mass is 302 g/mol. The Bertz CT molecular complexity index is 502. The first kappa shape index (κ1) is 16.7. The molecule has 1 fully saturated rings. The summed E-state index contributed by atoms with van der Waals surface area (Å²) < 4.78 is 0. The topological polar surface area (TPSA) is 30.9 Å². The molecule has 0 amide bonds. The maximum atomic E-state index is 4.82. The second-order valence-electron chi connectivity index (χ2n) is 7.07. The van der Waals surface area contributed by atoms with Crippen LogP contribution in [0.15, 0.2) is 29.3 Å². The molecule has 1 heterocycles. The minimum absolute atomic E-state index is 0.392. The first-order valence-corrected chi connectivity index (χ1v) is 8.21. The van der Waals surface area contributed by atoms with Crippen LogP contribution in [0.3, 0.4) is 0 Å². The SMILES string of the molecule is CCNC(=NCc1ccc(N(C)C)cc1)N1CCC(C)(C)C1. The number of rotatable bonds is 4. The van der Waals surface area contributed by atoms with E-state index >= 15 is 0 Å². The molecule has 1 aliphatic heterocycles. The van der Waals surface area contributed by atoms with Crippen LogP contribution in [0.4, 0.5) is 5.69 Å². The number of likely N-dealkylation sites (tertiary alicyclic amines) is 1. The summed E-state index contributed by atoms with van der Waals surface area (Å²) in [6, 6.07) is 8.63. The fourth-order valence-electron chi connectivity index (χ4n) is 2.78. The van der Waals surface area contributed by atoms with Crippen LogP contribution in [0.2, 0.25) is 0 Å². The van der Waals surface area contributed by atoms with Crippen molar-refractivity contribution in [3.8, 4) is 0 Å². The maximum absolute atomic E-state index is 4.82. The number of aliphatic imine (C=N–C) groups is 1. The lowest BCUT2D eigenvalue weighted by Gasteiger charge is -2.23. The van der Waals surface area contributed by atoms with Gasteiger partial charge in [-0.1, -0.05) is 26.0 Å². The third kappa shape index (κ3) is 4.39. The van der Waals surface area contributed by atoms with Crippen LogP contribution < -0.4 is 10.2 Å². The molecular formula is C18H30N4. The summed E-state index contributed by atoms with van der Waals surface area (Å²) in [4.78, 5) is 9.32. The molecule has 0 aromatic heterocycles. The zero-order valence-electron chi connectivity index (χ0n) is 14.7. The Kier molecular flexibility index (Phi) is 5.33. The van der Waals surface area contributed by atoms with Crippen molar-refractivity contribution in [2.24, 2.45) is 10.4 Å². The number of hydrogen-bond acceptors (Lipinski definition) is 2. The fraction of sp³-hybridized carbons (Fsp3) is 0.611. The molecule has 4 nitrogen and oxygen atoms in total. The highest BCUT2D eigenvalue weighted by Gasteiger charge is 2.30. The zero-order chi connectivity index (χ0) is 16.2. The molecular weight excluding hydrogens is 272 g/mol. The summed E-state index contributed by atoms with van der Waals surface area (Å²) in [5.41, 5.74) is 2.86. The van der Waals surface area contributed by atoms with E-state index in [4.69, 9.17) is 4.99 Å². The van der Waals surface area contributed by atoms with Crippen LogP contribution in [0.25, 0.3) is 0 Å². The number of nitrogens with one attached hydrogen (secondary N) is 1. The Morgan fingerprint density at radius 1 is 1.27 bits per heavy atom. The van der Waals surface area contributed by atoms with E-state index in [0.29, 0.717) is 5.41 Å². The third-order valence-electron chi connectivity index (χ3n) is 4.18. The summed E-state index contributed by atoms with van der Waals surface area (Å²) >= 11 is 0. The molecule has 0 atom stereocenters. The van der Waals surface area contributed by atoms with Crippen LogP contribution in [0.1, 0.15) is 32.8 Å². The highest BCUT2D eigenvalue weighted by Crippen LogP contribution is 2.28. The molecule has 2 rings (SSSR count). The van der Waals surface area contributed by atoms with Crippen molar-refractivity contribution in [2.75, 3.05) is 38.6 Å². The van der Waals surface area contributed by atoms with Crippen LogP contribution in [-0.4, -0.2) is 44.6 Å². The molecule has 1 N–H and O–H groups in total. The smallest absolute Gasteiger partial charge is 0.194 e. The molecule has 22 heavy (non-hydrogen) atoms. The molecule has 0 aliphatic carbocycles. The summed E-state index contributed by atoms with van der Waals surface area (Å²) in [7, 11) is 4.12. The van der Waals surface area contributed by atoms with Crippen LogP contribution in [0, 0.1) is 5.41 Å². The minimum Gasteiger partial charge on any atom is -0.378 e. The van der Waals surface area contributed by atoms with Gasteiger partial charge in [-0.05, 0) is 36.5 Å². The molecule has 1 aromatic carbocycles. The van der Waals surface area contributed by atoms with Gasteiger partial charge in [-0.2, -0.15) is 0 Å². The maximum Gasteiger partial charge on any atom is 0.194 e. The van der Waals surface area contributed by atoms with Crippen LogP contribution in [-0.2, 0) is 6.54 Å². The molecule has 4 heteroatoms. The van der Waals surface area contributed by atoms with Gasteiger partial charge < -0.3 is 15.1 Å². The van der Waals surface area contributed by atoms with Crippen LogP contribution in [0.5, 0.6) is 0 Å². The van der Waals surface area contributed by atoms with Gasteiger partial charge in [0, 0.05) is 39.4 Å². The predicted octanol–water partition coefficient (Wildman–Crippen LogP) is 2.95. The Hall–Kier alpha value is -1.71. The van der Waals surface area contributed by atoms with Crippen molar-refractivity contribution < 1.29 is 0 Å². The first-order valence-electron chi connectivity index (χ1n) is 8.21. The summed E-state index contributed by atoms with van der Waals surface area (Å²) in [6.45, 7) is 10.6. The normalized spacial score (nSPS) is 17.7. The number of guanidine groups is 1. The lowest BCUT2D eigenvalue weighted by atomic mass is 9.93. The summed E-state index contributed by atoms with van der Waals surface area (Å²) in [6.07, 6.45) is 1.23. The van der Waals surface area contributed by atoms with Crippen molar-refractivity contribution in [1.29, 1.82) is 0 Å². The molecule has 0 unspecified atom stereocenters. The largest absolute Gasteiger partial charge is 0.378 e. The lowest BCUT2D eigenvalue weighted by molar-refractivity contribution is 0.370. The van der Waals surface area contributed by atoms with Crippen molar-refractivity contribution in [3.63, 3.8) is 0 Å². The van der Waals surface area contributed by atoms with Crippen molar-refractivity contribution in [1.82, 2.24) is 10.2 Å². The van der Waals surface area contributed by atoms with Gasteiger partial charge in [0.05, 0.1) is 6.54 Å². The quantitative estimate of drug-likeness (QED) is 0.685. The van der Waals surface area contributed by atoms with E-state index in [2.05, 4.69) is 74.2 Å². The van der Waals surface area contributed by atoms with Crippen LogP contribution >= 0.6 is 0 Å². The summed E-state index contributed by atoms with van der Waals surface area (Å²) in [5.74, 6) is 1.05. The number of nitrogens with zero attached hydrogens (tertiary/aromatic N) is 3. The van der Waals surface area contributed by atoms with E-state index in [1.54, 1.807) is 0 Å². The number of hydrogen-bond donors (Lipinski definition) is 1. The van der Waals surface area contributed by atoms with E-state index in [1.165, 1.54) is 17.7 Å². The number of anilines is 1. The van der Waals surface area contributed by atoms with E-state index in [0.717, 1.165) is 32.1 Å². The predicted molar refractivity (Wildman–Crippen MR) is 95.6 cm³/mol. The molecule has 0 saturated carbocycles. The van der Waals surface area contributed by atoms with E-state index in [9.17, 15) is 0 Å². The molecule has 1 aromatic rings. The minimum atomic E-state index is 0.392. The lowest BCUT2D eigenvalue weighted by Crippen LogP contribution is -2.40. The number of benzene rings is 1. The van der Waals surface area contributed by atoms with E-state index < -0.39 is 0 Å². The highest BCUT2D eigenvalue weighted by atomic mass is 15.3. The molecule has 0 radical (unpaired) electrons. The second-order valence-corrected chi connectivity index (χ2v) is 7.07. The van der Waals surface area contributed by atoms with Gasteiger partial charge in [-0.15, -0.1) is 0 Å². The first-order chi connectivity index (χ1) is 10.4. The average Bonchev–Trinajstić information content (AvgIpc) is 2.84. The highest BCUT2D eigenvalue weighted by molar-refractivity contribution is 5.80. The van der Waals surface area contributed by atoms with Crippen molar-refractivity contribution in [3.05, 3.63) is 29.8 Å². The van der Waals surface area contributed by atoms with E-state index in [-0.39, 0.29) is 0 Å². The van der Waals surface area contributed by atoms with Gasteiger partial charge >= 0.3 is 0 Å². The fourth-order valence-corrected chi connectivity index (χ4v) is 2.78. The van der Waals surface area contributed by atoms with E-state index in [1.807, 2.05) is 0 Å². The zero-order valence-corrected chi connectivity index (χ0v) is 14.7. The van der Waals surface area contributed by atoms with Gasteiger partial charge in [0.15, 0.2) is 5.96 Å². The molecule has 122 valence electrons. The molecule has 1 aliphatic rings. The Balaban J connectivity index is 2.04. The van der Waals surface area contributed by atoms with Gasteiger partial charge in [0.25, 0.3) is 0 Å².